The lowest BCUT2D eigenvalue weighted by atomic mass is 10.0. The second kappa shape index (κ2) is 23.4. The molecule has 0 aromatic heterocycles. The van der Waals surface area contributed by atoms with Gasteiger partial charge in [0.1, 0.15) is 6.29 Å². The summed E-state index contributed by atoms with van der Waals surface area (Å²) in [4.78, 5) is 8.81. The molecule has 0 heterocycles. The molecule has 0 aliphatic heterocycles. The van der Waals surface area contributed by atoms with Crippen molar-refractivity contribution in [2.75, 3.05) is 11.9 Å². The maximum Gasteiger partial charge on any atom is 0.116 e. The lowest BCUT2D eigenvalue weighted by molar-refractivity contribution is -0.106. The van der Waals surface area contributed by atoms with Crippen LogP contribution in [0, 0.1) is 16.7 Å². The third-order valence-electron chi connectivity index (χ3n) is 1.59. The number of anilines is 1. The minimum Gasteiger partial charge on any atom is -0.385 e. The number of hydrogen-bond donors (Lipinski definition) is 1. The number of nitrogens with one attached hydrogen (secondary N) is 1. The van der Waals surface area contributed by atoms with Crippen molar-refractivity contribution >= 4 is 12.0 Å². The molecule has 0 atom stereocenters. The van der Waals surface area contributed by atoms with E-state index in [0.717, 1.165) is 24.9 Å². The SMILES string of the molecule is CC.CC.CC(C)(C)C.CC=O.CCCNc1ccc(C#N)cc1. The summed E-state index contributed by atoms with van der Waals surface area (Å²) in [5.74, 6) is 0. The molecule has 0 aliphatic carbocycles. The first-order valence-corrected chi connectivity index (χ1v) is 8.92. The van der Waals surface area contributed by atoms with Gasteiger partial charge in [0, 0.05) is 12.2 Å². The van der Waals surface area contributed by atoms with E-state index in [0.29, 0.717) is 11.0 Å². The molecule has 0 amide bonds. The van der Waals surface area contributed by atoms with Gasteiger partial charge in [0.25, 0.3) is 0 Å². The van der Waals surface area contributed by atoms with E-state index in [1.807, 2.05) is 52.0 Å². The van der Waals surface area contributed by atoms with E-state index in [9.17, 15) is 0 Å². The molecule has 0 saturated carbocycles. The highest BCUT2D eigenvalue weighted by atomic mass is 16.1. The summed E-state index contributed by atoms with van der Waals surface area (Å²) in [6.45, 7) is 21.3. The van der Waals surface area contributed by atoms with Gasteiger partial charge in [-0.3, -0.25) is 0 Å². The molecule has 1 aromatic rings. The molecule has 0 saturated heterocycles. The molecule has 0 radical (unpaired) electrons. The first-order chi connectivity index (χ1) is 11.3. The highest BCUT2D eigenvalue weighted by Gasteiger charge is 1.95. The van der Waals surface area contributed by atoms with Crippen molar-refractivity contribution in [2.45, 2.75) is 75.7 Å². The van der Waals surface area contributed by atoms with Gasteiger partial charge in [-0.2, -0.15) is 5.26 Å². The van der Waals surface area contributed by atoms with Crippen molar-refractivity contribution in [3.8, 4) is 6.07 Å². The van der Waals surface area contributed by atoms with Crippen molar-refractivity contribution in [1.29, 1.82) is 5.26 Å². The zero-order valence-corrected chi connectivity index (χ0v) is 17.7. The fourth-order valence-corrected chi connectivity index (χ4v) is 0.932. The summed E-state index contributed by atoms with van der Waals surface area (Å²) in [6.07, 6.45) is 1.86. The van der Waals surface area contributed by atoms with E-state index in [1.165, 1.54) is 6.92 Å². The van der Waals surface area contributed by atoms with Gasteiger partial charge in [-0.25, -0.2) is 0 Å². The molecule has 1 N–H and O–H groups in total. The largest absolute Gasteiger partial charge is 0.385 e. The topological polar surface area (TPSA) is 52.9 Å². The minimum absolute atomic E-state index is 0.500. The average molecular weight is 337 g/mol. The summed E-state index contributed by atoms with van der Waals surface area (Å²) < 4.78 is 0. The fourth-order valence-electron chi connectivity index (χ4n) is 0.932. The van der Waals surface area contributed by atoms with Crippen LogP contribution >= 0.6 is 0 Å². The van der Waals surface area contributed by atoms with Crippen LogP contribution in [0.4, 0.5) is 5.69 Å². The Balaban J connectivity index is -0.000000140. The Morgan fingerprint density at radius 2 is 1.38 bits per heavy atom. The Morgan fingerprint density at radius 3 is 1.62 bits per heavy atom. The van der Waals surface area contributed by atoms with Gasteiger partial charge in [0.2, 0.25) is 0 Å². The third-order valence-corrected chi connectivity index (χ3v) is 1.59. The Labute approximate surface area is 151 Å². The average Bonchev–Trinajstić information content (AvgIpc) is 2.56. The van der Waals surface area contributed by atoms with Gasteiger partial charge in [-0.15, -0.1) is 0 Å². The van der Waals surface area contributed by atoms with Crippen LogP contribution in [0.5, 0.6) is 0 Å². The molecule has 24 heavy (non-hydrogen) atoms. The molecule has 3 nitrogen and oxygen atoms in total. The van der Waals surface area contributed by atoms with Crippen LogP contribution in [-0.4, -0.2) is 12.8 Å². The number of rotatable bonds is 3. The van der Waals surface area contributed by atoms with E-state index in [2.05, 4.69) is 46.0 Å². The van der Waals surface area contributed by atoms with Gasteiger partial charge < -0.3 is 10.1 Å². The van der Waals surface area contributed by atoms with Crippen LogP contribution < -0.4 is 5.32 Å². The summed E-state index contributed by atoms with van der Waals surface area (Å²) in [7, 11) is 0. The second-order valence-electron chi connectivity index (χ2n) is 5.85. The first-order valence-electron chi connectivity index (χ1n) is 8.92. The van der Waals surface area contributed by atoms with E-state index in [4.69, 9.17) is 10.1 Å². The predicted molar refractivity (Wildman–Crippen MR) is 110 cm³/mol. The van der Waals surface area contributed by atoms with Crippen LogP contribution in [0.1, 0.15) is 81.2 Å². The standard InChI is InChI=1S/C10H12N2.C5H12.C2H4O.2C2H6/c1-2-7-12-10-5-3-9(8-11)4-6-10;1-5(2,3)4;1-2-3;2*1-2/h3-6,12H,2,7H2,1H3;1-4H3;2H,1H3;2*1-2H3. The Morgan fingerprint density at radius 1 is 1.04 bits per heavy atom. The van der Waals surface area contributed by atoms with Crippen molar-refractivity contribution < 1.29 is 4.79 Å². The van der Waals surface area contributed by atoms with Crippen molar-refractivity contribution in [1.82, 2.24) is 0 Å². The Bertz CT molecular complexity index is 378. The molecule has 1 aromatic carbocycles. The van der Waals surface area contributed by atoms with Crippen molar-refractivity contribution in [3.05, 3.63) is 29.8 Å². The molecule has 140 valence electrons. The zero-order chi connectivity index (χ0) is 20.0. The molecule has 1 rings (SSSR count). The second-order valence-corrected chi connectivity index (χ2v) is 5.85. The Kier molecular flexibility index (Phi) is 29.4. The maximum atomic E-state index is 8.81. The number of nitriles is 1. The van der Waals surface area contributed by atoms with Crippen molar-refractivity contribution in [3.63, 3.8) is 0 Å². The van der Waals surface area contributed by atoms with Crippen LogP contribution in [0.25, 0.3) is 0 Å². The minimum atomic E-state index is 0.500. The monoisotopic (exact) mass is 336 g/mol. The lowest BCUT2D eigenvalue weighted by Gasteiger charge is -2.05. The molecular weight excluding hydrogens is 296 g/mol. The van der Waals surface area contributed by atoms with Gasteiger partial charge >= 0.3 is 0 Å². The zero-order valence-electron chi connectivity index (χ0n) is 17.7. The molecule has 0 bridgehead atoms. The number of aldehydes is 1. The molecule has 0 aliphatic rings. The van der Waals surface area contributed by atoms with Gasteiger partial charge in [-0.1, -0.05) is 62.3 Å². The van der Waals surface area contributed by atoms with E-state index >= 15 is 0 Å². The van der Waals surface area contributed by atoms with Crippen LogP contribution in [-0.2, 0) is 4.79 Å². The summed E-state index contributed by atoms with van der Waals surface area (Å²) in [6, 6.07) is 9.57. The number of hydrogen-bond acceptors (Lipinski definition) is 3. The molecule has 0 unspecified atom stereocenters. The maximum absolute atomic E-state index is 8.81. The van der Waals surface area contributed by atoms with E-state index in [1.54, 1.807) is 0 Å². The summed E-state index contributed by atoms with van der Waals surface area (Å²) in [5, 5.41) is 11.8. The predicted octanol–water partition coefficient (Wildman–Crippen LogP) is 6.69. The lowest BCUT2D eigenvalue weighted by Crippen LogP contribution is -1.98. The first kappa shape index (κ1) is 30.1. The number of carbonyl (C=O) groups is 1. The number of benzene rings is 1. The van der Waals surface area contributed by atoms with Crippen LogP contribution in [0.15, 0.2) is 24.3 Å². The molecule has 3 heteroatoms. The summed E-state index contributed by atoms with van der Waals surface area (Å²) in [5.41, 5.74) is 2.29. The number of nitrogens with zero attached hydrogens (tertiary/aromatic N) is 1. The van der Waals surface area contributed by atoms with E-state index in [-0.39, 0.29) is 0 Å². The Hall–Kier alpha value is -1.82. The molecule has 0 spiro atoms. The van der Waals surface area contributed by atoms with Crippen LogP contribution in [0.2, 0.25) is 0 Å². The van der Waals surface area contributed by atoms with Gasteiger partial charge in [0.15, 0.2) is 0 Å². The number of carbonyl (C=O) groups excluding carboxylic acids is 1. The molecule has 0 fully saturated rings. The van der Waals surface area contributed by atoms with Gasteiger partial charge in [-0.05, 0) is 43.0 Å². The highest BCUT2D eigenvalue weighted by Crippen LogP contribution is 2.08. The van der Waals surface area contributed by atoms with Gasteiger partial charge in [0.05, 0.1) is 11.6 Å². The normalized spacial score (nSPS) is 8.04. The van der Waals surface area contributed by atoms with E-state index < -0.39 is 0 Å². The molecular formula is C21H40N2O. The fraction of sp³-hybridized carbons (Fsp3) is 0.619. The van der Waals surface area contributed by atoms with Crippen molar-refractivity contribution in [2.24, 2.45) is 5.41 Å². The smallest absolute Gasteiger partial charge is 0.116 e. The van der Waals surface area contributed by atoms with Crippen LogP contribution in [0.3, 0.4) is 0 Å². The summed E-state index contributed by atoms with van der Waals surface area (Å²) >= 11 is 0. The third kappa shape index (κ3) is 36.9. The quantitative estimate of drug-likeness (QED) is 0.625. The highest BCUT2D eigenvalue weighted by molar-refractivity contribution is 5.47.